The second kappa shape index (κ2) is 4.61. The van der Waals surface area contributed by atoms with Gasteiger partial charge in [0.25, 0.3) is 0 Å². The monoisotopic (exact) mass is 218 g/mol. The van der Waals surface area contributed by atoms with Gasteiger partial charge in [0.2, 0.25) is 0 Å². The second-order valence-corrected chi connectivity index (χ2v) is 3.16. The molecule has 0 atom stereocenters. The third-order valence-corrected chi connectivity index (χ3v) is 1.99. The molecule has 1 heterocycles. The number of azo groups is 1. The molecule has 0 aliphatic heterocycles. The molecule has 74 valence electrons. The SMILES string of the molecule is Clc1ccccc1N=Nc1cncnc1. The van der Waals surface area contributed by atoms with Crippen LogP contribution in [0.4, 0.5) is 11.4 Å². The summed E-state index contributed by atoms with van der Waals surface area (Å²) < 4.78 is 0. The normalized spacial score (nSPS) is 10.7. The molecule has 0 aliphatic rings. The lowest BCUT2D eigenvalue weighted by Gasteiger charge is -1.94. The van der Waals surface area contributed by atoms with E-state index in [1.807, 2.05) is 12.1 Å². The molecule has 2 aromatic rings. The van der Waals surface area contributed by atoms with Gasteiger partial charge in [0.15, 0.2) is 0 Å². The van der Waals surface area contributed by atoms with E-state index in [0.717, 1.165) is 0 Å². The molecule has 1 aromatic carbocycles. The van der Waals surface area contributed by atoms with Crippen LogP contribution >= 0.6 is 11.6 Å². The van der Waals surface area contributed by atoms with Crippen LogP contribution in [-0.4, -0.2) is 9.97 Å². The molecular weight excluding hydrogens is 212 g/mol. The average molecular weight is 219 g/mol. The third kappa shape index (κ3) is 2.57. The Hall–Kier alpha value is -1.81. The highest BCUT2D eigenvalue weighted by Crippen LogP contribution is 2.25. The van der Waals surface area contributed by atoms with Crippen molar-refractivity contribution >= 4 is 23.0 Å². The summed E-state index contributed by atoms with van der Waals surface area (Å²) in [6.07, 6.45) is 4.59. The molecule has 0 spiro atoms. The molecule has 5 heteroatoms. The first-order valence-corrected chi connectivity index (χ1v) is 4.65. The van der Waals surface area contributed by atoms with Gasteiger partial charge >= 0.3 is 0 Å². The molecule has 0 saturated carbocycles. The molecule has 15 heavy (non-hydrogen) atoms. The van der Waals surface area contributed by atoms with Crippen LogP contribution in [0.5, 0.6) is 0 Å². The zero-order valence-corrected chi connectivity index (χ0v) is 8.46. The van der Waals surface area contributed by atoms with Crippen molar-refractivity contribution in [2.45, 2.75) is 0 Å². The first kappa shape index (κ1) is 9.73. The summed E-state index contributed by atoms with van der Waals surface area (Å²) in [6.45, 7) is 0. The lowest BCUT2D eigenvalue weighted by molar-refractivity contribution is 1.12. The van der Waals surface area contributed by atoms with E-state index in [2.05, 4.69) is 20.2 Å². The summed E-state index contributed by atoms with van der Waals surface area (Å²) in [4.78, 5) is 7.64. The van der Waals surface area contributed by atoms with Gasteiger partial charge < -0.3 is 0 Å². The molecule has 0 aliphatic carbocycles. The first-order valence-electron chi connectivity index (χ1n) is 4.27. The Kier molecular flexibility index (Phi) is 2.99. The lowest BCUT2D eigenvalue weighted by Crippen LogP contribution is -1.72. The number of aromatic nitrogens is 2. The largest absolute Gasteiger partial charge is 0.243 e. The van der Waals surface area contributed by atoms with E-state index < -0.39 is 0 Å². The van der Waals surface area contributed by atoms with Gasteiger partial charge in [-0.05, 0) is 12.1 Å². The summed E-state index contributed by atoms with van der Waals surface area (Å²) in [7, 11) is 0. The molecule has 0 unspecified atom stereocenters. The molecule has 0 saturated heterocycles. The van der Waals surface area contributed by atoms with E-state index in [1.165, 1.54) is 6.33 Å². The Bertz CT molecular complexity index is 470. The number of rotatable bonds is 2. The van der Waals surface area contributed by atoms with Gasteiger partial charge in [-0.3, -0.25) is 0 Å². The molecule has 0 fully saturated rings. The van der Waals surface area contributed by atoms with Gasteiger partial charge in [0.05, 0.1) is 17.4 Å². The maximum atomic E-state index is 5.91. The van der Waals surface area contributed by atoms with Crippen molar-refractivity contribution < 1.29 is 0 Å². The van der Waals surface area contributed by atoms with Crippen LogP contribution in [0.1, 0.15) is 0 Å². The maximum absolute atomic E-state index is 5.91. The van der Waals surface area contributed by atoms with Crippen LogP contribution in [-0.2, 0) is 0 Å². The fourth-order valence-corrected chi connectivity index (χ4v) is 1.16. The lowest BCUT2D eigenvalue weighted by atomic mass is 10.3. The minimum absolute atomic E-state index is 0.568. The van der Waals surface area contributed by atoms with Crippen molar-refractivity contribution in [3.8, 4) is 0 Å². The smallest absolute Gasteiger partial charge is 0.122 e. The molecule has 0 bridgehead atoms. The Morgan fingerprint density at radius 1 is 1.00 bits per heavy atom. The highest BCUT2D eigenvalue weighted by molar-refractivity contribution is 6.32. The predicted octanol–water partition coefficient (Wildman–Crippen LogP) is 3.55. The standard InChI is InChI=1S/C10H7ClN4/c11-9-3-1-2-4-10(9)15-14-8-5-12-7-13-6-8/h1-7H. The van der Waals surface area contributed by atoms with E-state index in [1.54, 1.807) is 24.5 Å². The van der Waals surface area contributed by atoms with Crippen LogP contribution in [0.25, 0.3) is 0 Å². The number of hydrogen-bond acceptors (Lipinski definition) is 4. The van der Waals surface area contributed by atoms with Gasteiger partial charge in [0.1, 0.15) is 17.7 Å². The van der Waals surface area contributed by atoms with E-state index >= 15 is 0 Å². The zero-order chi connectivity index (χ0) is 10.5. The van der Waals surface area contributed by atoms with E-state index in [4.69, 9.17) is 11.6 Å². The van der Waals surface area contributed by atoms with Crippen molar-refractivity contribution in [3.05, 3.63) is 48.0 Å². The van der Waals surface area contributed by atoms with E-state index in [0.29, 0.717) is 16.4 Å². The fourth-order valence-electron chi connectivity index (χ4n) is 0.987. The predicted molar refractivity (Wildman–Crippen MR) is 57.7 cm³/mol. The molecule has 2 rings (SSSR count). The van der Waals surface area contributed by atoms with Gasteiger partial charge in [-0.25, -0.2) is 9.97 Å². The molecular formula is C10H7ClN4. The van der Waals surface area contributed by atoms with Crippen LogP contribution in [0.2, 0.25) is 5.02 Å². The summed E-state index contributed by atoms with van der Waals surface area (Å²) in [5, 5.41) is 8.51. The number of nitrogens with zero attached hydrogens (tertiary/aromatic N) is 4. The summed E-state index contributed by atoms with van der Waals surface area (Å²) in [5.41, 5.74) is 1.22. The second-order valence-electron chi connectivity index (χ2n) is 2.75. The Morgan fingerprint density at radius 3 is 2.47 bits per heavy atom. The summed E-state index contributed by atoms with van der Waals surface area (Å²) in [5.74, 6) is 0. The molecule has 4 nitrogen and oxygen atoms in total. The number of benzene rings is 1. The van der Waals surface area contributed by atoms with Gasteiger partial charge in [-0.1, -0.05) is 23.7 Å². The minimum atomic E-state index is 0.568. The van der Waals surface area contributed by atoms with Crippen LogP contribution in [0.3, 0.4) is 0 Å². The Labute approximate surface area is 91.7 Å². The molecule has 0 amide bonds. The minimum Gasteiger partial charge on any atom is -0.243 e. The number of hydrogen-bond donors (Lipinski definition) is 0. The first-order chi connectivity index (χ1) is 7.36. The van der Waals surface area contributed by atoms with Gasteiger partial charge in [-0.2, -0.15) is 0 Å². The number of halogens is 1. The van der Waals surface area contributed by atoms with Crippen molar-refractivity contribution in [1.29, 1.82) is 0 Å². The van der Waals surface area contributed by atoms with Crippen molar-refractivity contribution in [2.24, 2.45) is 10.2 Å². The van der Waals surface area contributed by atoms with E-state index in [-0.39, 0.29) is 0 Å². The summed E-state index contributed by atoms with van der Waals surface area (Å²) >= 11 is 5.91. The van der Waals surface area contributed by atoms with Crippen LogP contribution in [0.15, 0.2) is 53.2 Å². The molecule has 0 radical (unpaired) electrons. The fraction of sp³-hybridized carbons (Fsp3) is 0. The maximum Gasteiger partial charge on any atom is 0.122 e. The average Bonchev–Trinajstić information content (AvgIpc) is 2.29. The third-order valence-electron chi connectivity index (χ3n) is 1.67. The Balaban J connectivity index is 2.23. The quantitative estimate of drug-likeness (QED) is 0.724. The van der Waals surface area contributed by atoms with E-state index in [9.17, 15) is 0 Å². The molecule has 1 aromatic heterocycles. The zero-order valence-electron chi connectivity index (χ0n) is 7.71. The molecule has 0 N–H and O–H groups in total. The van der Waals surface area contributed by atoms with Crippen molar-refractivity contribution in [2.75, 3.05) is 0 Å². The van der Waals surface area contributed by atoms with Crippen molar-refractivity contribution in [1.82, 2.24) is 9.97 Å². The highest BCUT2D eigenvalue weighted by Gasteiger charge is 1.95. The topological polar surface area (TPSA) is 50.5 Å². The Morgan fingerprint density at radius 2 is 1.73 bits per heavy atom. The van der Waals surface area contributed by atoms with Gasteiger partial charge in [0, 0.05) is 0 Å². The highest BCUT2D eigenvalue weighted by atomic mass is 35.5. The van der Waals surface area contributed by atoms with Crippen LogP contribution in [0, 0.1) is 0 Å². The van der Waals surface area contributed by atoms with Crippen molar-refractivity contribution in [3.63, 3.8) is 0 Å². The van der Waals surface area contributed by atoms with Gasteiger partial charge in [-0.15, -0.1) is 10.2 Å². The summed E-state index contributed by atoms with van der Waals surface area (Å²) in [6, 6.07) is 7.24. The van der Waals surface area contributed by atoms with Crippen LogP contribution < -0.4 is 0 Å².